The zero-order valence-electron chi connectivity index (χ0n) is 13.1. The third kappa shape index (κ3) is 4.15. The van der Waals surface area contributed by atoms with Crippen LogP contribution in [0.15, 0.2) is 41.4 Å². The number of hydrogen-bond donors (Lipinski definition) is 3. The minimum atomic E-state index is 0.170. The molecule has 0 saturated carbocycles. The quantitative estimate of drug-likeness (QED) is 0.599. The molecule has 0 atom stereocenters. The summed E-state index contributed by atoms with van der Waals surface area (Å²) < 4.78 is 5.13. The van der Waals surface area contributed by atoms with Crippen LogP contribution in [-0.2, 0) is 6.54 Å². The molecule has 0 aromatic heterocycles. The Morgan fingerprint density at radius 1 is 1.18 bits per heavy atom. The fourth-order valence-corrected chi connectivity index (χ4v) is 2.22. The van der Waals surface area contributed by atoms with Crippen LogP contribution in [0.1, 0.15) is 16.7 Å². The van der Waals surface area contributed by atoms with Crippen LogP contribution >= 0.6 is 0 Å². The third-order valence-corrected chi connectivity index (χ3v) is 3.20. The highest BCUT2D eigenvalue weighted by molar-refractivity contribution is 5.92. The Morgan fingerprint density at radius 3 is 2.50 bits per heavy atom. The van der Waals surface area contributed by atoms with E-state index in [0.717, 1.165) is 16.8 Å². The summed E-state index contributed by atoms with van der Waals surface area (Å²) >= 11 is 0. The predicted octanol–water partition coefficient (Wildman–Crippen LogP) is 2.94. The van der Waals surface area contributed by atoms with Crippen molar-refractivity contribution in [2.45, 2.75) is 20.4 Å². The van der Waals surface area contributed by atoms with E-state index >= 15 is 0 Å². The summed E-state index contributed by atoms with van der Waals surface area (Å²) in [6.07, 6.45) is 0. The number of methoxy groups -OCH3 is 1. The number of nitrogens with zero attached hydrogens (tertiary/aromatic N) is 1. The molecule has 0 spiro atoms. The van der Waals surface area contributed by atoms with Crippen molar-refractivity contribution >= 4 is 11.6 Å². The standard InChI is InChI=1S/C17H21N3O2/c1-11-6-12(2)8-14(7-11)20-17(18)19-10-13-9-15(22-3)4-5-16(13)21/h4-9,21H,10H2,1-3H3,(H3,18,19,20). The van der Waals surface area contributed by atoms with Crippen LogP contribution in [0.25, 0.3) is 0 Å². The van der Waals surface area contributed by atoms with Crippen molar-refractivity contribution in [3.63, 3.8) is 0 Å². The number of aryl methyl sites for hydroxylation is 2. The van der Waals surface area contributed by atoms with Crippen LogP contribution in [0.3, 0.4) is 0 Å². The smallest absolute Gasteiger partial charge is 0.193 e. The van der Waals surface area contributed by atoms with Crippen LogP contribution in [-0.4, -0.2) is 18.2 Å². The topological polar surface area (TPSA) is 79.9 Å². The Kier molecular flexibility index (Phi) is 4.88. The second-order valence-corrected chi connectivity index (χ2v) is 5.20. The molecular formula is C17H21N3O2. The number of rotatable bonds is 4. The van der Waals surface area contributed by atoms with E-state index in [1.807, 2.05) is 26.0 Å². The van der Waals surface area contributed by atoms with Gasteiger partial charge in [-0.05, 0) is 55.3 Å². The van der Waals surface area contributed by atoms with E-state index < -0.39 is 0 Å². The lowest BCUT2D eigenvalue weighted by Gasteiger charge is -2.09. The molecule has 0 aliphatic heterocycles. The molecule has 0 heterocycles. The van der Waals surface area contributed by atoms with Gasteiger partial charge in [0.2, 0.25) is 0 Å². The van der Waals surface area contributed by atoms with Gasteiger partial charge in [-0.25, -0.2) is 4.99 Å². The van der Waals surface area contributed by atoms with Crippen LogP contribution in [0.5, 0.6) is 11.5 Å². The summed E-state index contributed by atoms with van der Waals surface area (Å²) in [6.45, 7) is 4.33. The van der Waals surface area contributed by atoms with E-state index in [2.05, 4.69) is 16.4 Å². The molecule has 2 aromatic carbocycles. The molecule has 2 rings (SSSR count). The van der Waals surface area contributed by atoms with Crippen molar-refractivity contribution in [3.05, 3.63) is 53.1 Å². The minimum absolute atomic E-state index is 0.170. The van der Waals surface area contributed by atoms with Crippen molar-refractivity contribution in [3.8, 4) is 11.5 Å². The molecule has 0 amide bonds. The van der Waals surface area contributed by atoms with Gasteiger partial charge < -0.3 is 20.9 Å². The molecule has 0 radical (unpaired) electrons. The van der Waals surface area contributed by atoms with Crippen LogP contribution < -0.4 is 15.8 Å². The highest BCUT2D eigenvalue weighted by Crippen LogP contribution is 2.23. The van der Waals surface area contributed by atoms with Gasteiger partial charge in [-0.3, -0.25) is 0 Å². The lowest BCUT2D eigenvalue weighted by atomic mass is 10.1. The van der Waals surface area contributed by atoms with Crippen molar-refractivity contribution in [2.24, 2.45) is 10.7 Å². The average Bonchev–Trinajstić information content (AvgIpc) is 2.45. The maximum Gasteiger partial charge on any atom is 0.193 e. The SMILES string of the molecule is COc1ccc(O)c(CN=C(N)Nc2cc(C)cc(C)c2)c1. The number of phenols is 1. The zero-order valence-corrected chi connectivity index (χ0v) is 13.1. The Labute approximate surface area is 130 Å². The van der Waals surface area contributed by atoms with Gasteiger partial charge >= 0.3 is 0 Å². The monoisotopic (exact) mass is 299 g/mol. The van der Waals surface area contributed by atoms with Gasteiger partial charge in [-0.15, -0.1) is 0 Å². The minimum Gasteiger partial charge on any atom is -0.508 e. The highest BCUT2D eigenvalue weighted by atomic mass is 16.5. The van der Waals surface area contributed by atoms with E-state index in [1.165, 1.54) is 0 Å². The molecule has 0 fully saturated rings. The third-order valence-electron chi connectivity index (χ3n) is 3.20. The number of hydrogen-bond acceptors (Lipinski definition) is 3. The number of nitrogens with two attached hydrogens (primary N) is 1. The van der Waals surface area contributed by atoms with Crippen molar-refractivity contribution < 1.29 is 9.84 Å². The first kappa shape index (κ1) is 15.7. The Morgan fingerprint density at radius 2 is 1.86 bits per heavy atom. The van der Waals surface area contributed by atoms with Crippen molar-refractivity contribution in [1.82, 2.24) is 0 Å². The first-order chi connectivity index (χ1) is 10.5. The molecule has 0 aliphatic rings. The normalized spacial score (nSPS) is 11.3. The summed E-state index contributed by atoms with van der Waals surface area (Å²) in [5.74, 6) is 1.14. The number of guanidine groups is 1. The summed E-state index contributed by atoms with van der Waals surface area (Å²) in [6, 6.07) is 11.1. The molecule has 4 N–H and O–H groups in total. The Hall–Kier alpha value is -2.69. The van der Waals surface area contributed by atoms with E-state index in [4.69, 9.17) is 10.5 Å². The lowest BCUT2D eigenvalue weighted by Crippen LogP contribution is -2.22. The van der Waals surface area contributed by atoms with Crippen LogP contribution in [0, 0.1) is 13.8 Å². The van der Waals surface area contributed by atoms with Crippen molar-refractivity contribution in [2.75, 3.05) is 12.4 Å². The number of ether oxygens (including phenoxy) is 1. The molecule has 5 heteroatoms. The molecule has 0 bridgehead atoms. The average molecular weight is 299 g/mol. The number of benzene rings is 2. The first-order valence-corrected chi connectivity index (χ1v) is 6.99. The summed E-state index contributed by atoms with van der Waals surface area (Å²) in [5, 5.41) is 12.9. The maximum absolute atomic E-state index is 9.82. The van der Waals surface area contributed by atoms with Gasteiger partial charge in [0.05, 0.1) is 13.7 Å². The van der Waals surface area contributed by atoms with E-state index in [0.29, 0.717) is 17.3 Å². The first-order valence-electron chi connectivity index (χ1n) is 6.99. The second-order valence-electron chi connectivity index (χ2n) is 5.20. The van der Waals surface area contributed by atoms with Gasteiger partial charge in [0.25, 0.3) is 0 Å². The van der Waals surface area contributed by atoms with E-state index in [1.54, 1.807) is 25.3 Å². The molecule has 2 aromatic rings. The second kappa shape index (κ2) is 6.85. The Balaban J connectivity index is 2.09. The van der Waals surface area contributed by atoms with Crippen LogP contribution in [0.2, 0.25) is 0 Å². The number of nitrogens with one attached hydrogen (secondary N) is 1. The molecule has 0 saturated heterocycles. The predicted molar refractivity (Wildman–Crippen MR) is 89.5 cm³/mol. The van der Waals surface area contributed by atoms with Gasteiger partial charge in [0, 0.05) is 11.3 Å². The van der Waals surface area contributed by atoms with E-state index in [9.17, 15) is 5.11 Å². The van der Waals surface area contributed by atoms with Crippen molar-refractivity contribution in [1.29, 1.82) is 0 Å². The summed E-state index contributed by atoms with van der Waals surface area (Å²) in [4.78, 5) is 4.25. The largest absolute Gasteiger partial charge is 0.508 e. The molecule has 0 aliphatic carbocycles. The van der Waals surface area contributed by atoms with Gasteiger partial charge in [0.15, 0.2) is 5.96 Å². The molecular weight excluding hydrogens is 278 g/mol. The maximum atomic E-state index is 9.82. The highest BCUT2D eigenvalue weighted by Gasteiger charge is 2.03. The zero-order chi connectivity index (χ0) is 16.1. The number of anilines is 1. The van der Waals surface area contributed by atoms with Gasteiger partial charge in [-0.1, -0.05) is 6.07 Å². The van der Waals surface area contributed by atoms with E-state index in [-0.39, 0.29) is 12.3 Å². The summed E-state index contributed by atoms with van der Waals surface area (Å²) in [5.41, 5.74) is 9.76. The summed E-state index contributed by atoms with van der Waals surface area (Å²) in [7, 11) is 1.58. The fourth-order valence-electron chi connectivity index (χ4n) is 2.22. The Bertz CT molecular complexity index is 676. The van der Waals surface area contributed by atoms with Gasteiger partial charge in [-0.2, -0.15) is 0 Å². The van der Waals surface area contributed by atoms with Crippen LogP contribution in [0.4, 0.5) is 5.69 Å². The molecule has 116 valence electrons. The molecule has 0 unspecified atom stereocenters. The number of aromatic hydroxyl groups is 1. The molecule has 22 heavy (non-hydrogen) atoms. The number of phenolic OH excluding ortho intramolecular Hbond substituents is 1. The van der Waals surface area contributed by atoms with Gasteiger partial charge in [0.1, 0.15) is 11.5 Å². The number of aliphatic imine (C=N–C) groups is 1. The lowest BCUT2D eigenvalue weighted by molar-refractivity contribution is 0.411. The fraction of sp³-hybridized carbons (Fsp3) is 0.235. The molecule has 5 nitrogen and oxygen atoms in total.